The van der Waals surface area contributed by atoms with E-state index >= 15 is 0 Å². The van der Waals surface area contributed by atoms with Crippen LogP contribution in [0.2, 0.25) is 0 Å². The van der Waals surface area contributed by atoms with Crippen molar-refractivity contribution in [2.24, 2.45) is 0 Å². The van der Waals surface area contributed by atoms with Crippen LogP contribution < -0.4 is 19.1 Å². The molecule has 2 aromatic carbocycles. The number of thioether (sulfide) groups is 1. The van der Waals surface area contributed by atoms with Crippen molar-refractivity contribution in [2.45, 2.75) is 6.92 Å². The van der Waals surface area contributed by atoms with Crippen LogP contribution in [-0.2, 0) is 4.79 Å². The molecule has 0 radical (unpaired) electrons. The molecule has 1 saturated heterocycles. The second-order valence-corrected chi connectivity index (χ2v) is 7.24. The van der Waals surface area contributed by atoms with Crippen LogP contribution in [0.1, 0.15) is 12.5 Å². The summed E-state index contributed by atoms with van der Waals surface area (Å²) in [4.78, 5) is 15.0. The minimum atomic E-state index is -0.161. The molecule has 1 aliphatic rings. The molecule has 1 aliphatic heterocycles. The van der Waals surface area contributed by atoms with E-state index in [4.69, 9.17) is 26.4 Å². The zero-order valence-corrected chi connectivity index (χ0v) is 16.9. The van der Waals surface area contributed by atoms with Crippen molar-refractivity contribution >= 4 is 46.0 Å². The van der Waals surface area contributed by atoms with Crippen molar-refractivity contribution in [3.05, 3.63) is 52.9 Å². The summed E-state index contributed by atoms with van der Waals surface area (Å²) in [5.74, 6) is 1.79. The highest BCUT2D eigenvalue weighted by Gasteiger charge is 2.33. The molecule has 0 bridgehead atoms. The third-order valence-corrected chi connectivity index (χ3v) is 5.19. The van der Waals surface area contributed by atoms with Gasteiger partial charge in [0.1, 0.15) is 5.75 Å². The lowest BCUT2D eigenvalue weighted by atomic mass is 10.2. The Morgan fingerprint density at radius 2 is 1.93 bits per heavy atom. The highest BCUT2D eigenvalue weighted by atomic mass is 32.2. The maximum atomic E-state index is 12.9. The van der Waals surface area contributed by atoms with Crippen molar-refractivity contribution in [2.75, 3.05) is 25.7 Å². The van der Waals surface area contributed by atoms with E-state index < -0.39 is 0 Å². The molecule has 3 rings (SSSR count). The van der Waals surface area contributed by atoms with Crippen LogP contribution in [0, 0.1) is 0 Å². The van der Waals surface area contributed by atoms with Crippen molar-refractivity contribution < 1.29 is 19.0 Å². The number of carbonyl (C=O) groups is 1. The molecule has 0 saturated carbocycles. The Hall–Kier alpha value is -2.51. The van der Waals surface area contributed by atoms with Gasteiger partial charge in [-0.1, -0.05) is 36.1 Å². The molecule has 0 N–H and O–H groups in total. The number of rotatable bonds is 6. The van der Waals surface area contributed by atoms with Gasteiger partial charge in [0.2, 0.25) is 0 Å². The topological polar surface area (TPSA) is 48.0 Å². The number of benzene rings is 2. The van der Waals surface area contributed by atoms with Crippen LogP contribution in [0.3, 0.4) is 0 Å². The third kappa shape index (κ3) is 4.09. The number of ether oxygens (including phenoxy) is 3. The SMILES string of the molecule is CCOc1ccc(/C=C2\SC(=S)N(c3cccc(OC)c3)C2=O)cc1OC. The fourth-order valence-corrected chi connectivity index (χ4v) is 3.94. The highest BCUT2D eigenvalue weighted by Crippen LogP contribution is 2.38. The predicted molar refractivity (Wildman–Crippen MR) is 113 cm³/mol. The maximum Gasteiger partial charge on any atom is 0.270 e. The van der Waals surface area contributed by atoms with Gasteiger partial charge in [-0.3, -0.25) is 9.69 Å². The summed E-state index contributed by atoms with van der Waals surface area (Å²) in [6.45, 7) is 2.46. The minimum absolute atomic E-state index is 0.161. The smallest absolute Gasteiger partial charge is 0.270 e. The van der Waals surface area contributed by atoms with Crippen LogP contribution >= 0.6 is 24.0 Å². The molecule has 2 aromatic rings. The fraction of sp³-hybridized carbons (Fsp3) is 0.200. The van der Waals surface area contributed by atoms with E-state index in [1.165, 1.54) is 16.7 Å². The number of amides is 1. The second kappa shape index (κ2) is 8.45. The second-order valence-electron chi connectivity index (χ2n) is 5.56. The molecule has 0 atom stereocenters. The normalized spacial score (nSPS) is 15.4. The minimum Gasteiger partial charge on any atom is -0.497 e. The van der Waals surface area contributed by atoms with Gasteiger partial charge in [0.05, 0.1) is 31.4 Å². The number of thiocarbonyl (C=S) groups is 1. The Morgan fingerprint density at radius 1 is 1.11 bits per heavy atom. The van der Waals surface area contributed by atoms with E-state index in [1.807, 2.05) is 43.3 Å². The summed E-state index contributed by atoms with van der Waals surface area (Å²) < 4.78 is 16.6. The Morgan fingerprint density at radius 3 is 2.63 bits per heavy atom. The van der Waals surface area contributed by atoms with Gasteiger partial charge in [-0.05, 0) is 42.8 Å². The summed E-state index contributed by atoms with van der Waals surface area (Å²) in [5, 5.41) is 0. The Balaban J connectivity index is 1.90. The standard InChI is InChI=1S/C20H19NO4S2/c1-4-25-16-9-8-13(10-17(16)24-3)11-18-19(22)21(20(26)27-18)14-6-5-7-15(12-14)23-2/h5-12H,4H2,1-3H3/b18-11-. The van der Waals surface area contributed by atoms with Crippen LogP contribution in [0.25, 0.3) is 6.08 Å². The molecule has 0 aliphatic carbocycles. The van der Waals surface area contributed by atoms with Crippen LogP contribution in [-0.4, -0.2) is 31.1 Å². The summed E-state index contributed by atoms with van der Waals surface area (Å²) in [7, 11) is 3.17. The van der Waals surface area contributed by atoms with Crippen molar-refractivity contribution in [1.82, 2.24) is 0 Å². The van der Waals surface area contributed by atoms with Crippen LogP contribution in [0.5, 0.6) is 17.2 Å². The molecular formula is C20H19NO4S2. The van der Waals surface area contributed by atoms with Gasteiger partial charge in [-0.25, -0.2) is 0 Å². The lowest BCUT2D eigenvalue weighted by Crippen LogP contribution is -2.27. The summed E-state index contributed by atoms with van der Waals surface area (Å²) in [5.41, 5.74) is 1.52. The first-order valence-electron chi connectivity index (χ1n) is 8.30. The molecule has 0 spiro atoms. The van der Waals surface area contributed by atoms with Crippen molar-refractivity contribution in [1.29, 1.82) is 0 Å². The molecule has 0 aromatic heterocycles. The van der Waals surface area contributed by atoms with Crippen LogP contribution in [0.4, 0.5) is 5.69 Å². The van der Waals surface area contributed by atoms with Crippen molar-refractivity contribution in [3.63, 3.8) is 0 Å². The number of anilines is 1. The average Bonchev–Trinajstić information content (AvgIpc) is 2.96. The van der Waals surface area contributed by atoms with Crippen molar-refractivity contribution in [3.8, 4) is 17.2 Å². The molecule has 27 heavy (non-hydrogen) atoms. The van der Waals surface area contributed by atoms with Gasteiger partial charge in [-0.2, -0.15) is 0 Å². The van der Waals surface area contributed by atoms with Gasteiger partial charge in [0.25, 0.3) is 5.91 Å². The molecule has 0 unspecified atom stereocenters. The van der Waals surface area contributed by atoms with E-state index in [-0.39, 0.29) is 5.91 Å². The molecule has 1 amide bonds. The summed E-state index contributed by atoms with van der Waals surface area (Å²) >= 11 is 6.69. The van der Waals surface area contributed by atoms with Gasteiger partial charge in [-0.15, -0.1) is 0 Å². The van der Waals surface area contributed by atoms with E-state index in [2.05, 4.69) is 0 Å². The number of carbonyl (C=O) groups excluding carboxylic acids is 1. The monoisotopic (exact) mass is 401 g/mol. The number of hydrogen-bond donors (Lipinski definition) is 0. The molecule has 1 fully saturated rings. The summed E-state index contributed by atoms with van der Waals surface area (Å²) in [6.07, 6.45) is 1.80. The molecule has 1 heterocycles. The first kappa shape index (κ1) is 19.3. The number of hydrogen-bond acceptors (Lipinski definition) is 6. The first-order chi connectivity index (χ1) is 13.1. The zero-order chi connectivity index (χ0) is 19.4. The third-order valence-electron chi connectivity index (χ3n) is 3.89. The Kier molecular flexibility index (Phi) is 6.03. The Labute approximate surface area is 167 Å². The lowest BCUT2D eigenvalue weighted by Gasteiger charge is -2.15. The molecule has 5 nitrogen and oxygen atoms in total. The number of nitrogens with zero attached hydrogens (tertiary/aromatic N) is 1. The number of methoxy groups -OCH3 is 2. The highest BCUT2D eigenvalue weighted by molar-refractivity contribution is 8.27. The van der Waals surface area contributed by atoms with E-state index in [0.717, 1.165) is 5.56 Å². The molecular weight excluding hydrogens is 382 g/mol. The fourth-order valence-electron chi connectivity index (χ4n) is 2.64. The molecule has 7 heteroatoms. The summed E-state index contributed by atoms with van der Waals surface area (Å²) in [6, 6.07) is 12.8. The largest absolute Gasteiger partial charge is 0.497 e. The van der Waals surface area contributed by atoms with Gasteiger partial charge < -0.3 is 14.2 Å². The molecule has 140 valence electrons. The van der Waals surface area contributed by atoms with Gasteiger partial charge in [0.15, 0.2) is 15.8 Å². The van der Waals surface area contributed by atoms with E-state index in [0.29, 0.717) is 38.8 Å². The average molecular weight is 402 g/mol. The predicted octanol–water partition coefficient (Wildman–Crippen LogP) is 4.51. The first-order valence-corrected chi connectivity index (χ1v) is 9.52. The van der Waals surface area contributed by atoms with E-state index in [1.54, 1.807) is 26.4 Å². The van der Waals surface area contributed by atoms with Crippen LogP contribution in [0.15, 0.2) is 47.4 Å². The quantitative estimate of drug-likeness (QED) is 0.524. The van der Waals surface area contributed by atoms with Gasteiger partial charge >= 0.3 is 0 Å². The van der Waals surface area contributed by atoms with Gasteiger partial charge in [0, 0.05) is 6.07 Å². The Bertz CT molecular complexity index is 911. The maximum absolute atomic E-state index is 12.9. The lowest BCUT2D eigenvalue weighted by molar-refractivity contribution is -0.113. The zero-order valence-electron chi connectivity index (χ0n) is 15.2. The van der Waals surface area contributed by atoms with E-state index in [9.17, 15) is 4.79 Å².